The average molecular weight is 236 g/mol. The maximum absolute atomic E-state index is 2.51. The van der Waals surface area contributed by atoms with Crippen molar-refractivity contribution < 1.29 is 0 Å². The molecule has 8 heavy (non-hydrogen) atoms. The van der Waals surface area contributed by atoms with E-state index in [0.29, 0.717) is 0 Å². The van der Waals surface area contributed by atoms with E-state index in [1.54, 1.807) is 0 Å². The van der Waals surface area contributed by atoms with Crippen molar-refractivity contribution in [1.82, 2.24) is 0 Å². The molecule has 0 amide bonds. The summed E-state index contributed by atoms with van der Waals surface area (Å²) in [4.78, 5) is 0. The molecule has 1 aromatic rings. The van der Waals surface area contributed by atoms with Crippen molar-refractivity contribution in [2.75, 3.05) is 0 Å². The summed E-state index contributed by atoms with van der Waals surface area (Å²) >= 11 is 5.03. The van der Waals surface area contributed by atoms with Gasteiger partial charge >= 0.3 is 65.2 Å². The third-order valence-electron chi connectivity index (χ3n) is 0.830. The Labute approximate surface area is 65.3 Å². The fourth-order valence-electron chi connectivity index (χ4n) is 0.493. The second-order valence-electron chi connectivity index (χ2n) is 1.52. The molecule has 0 unspecified atom stereocenters. The van der Waals surface area contributed by atoms with Crippen LogP contribution in [0.1, 0.15) is 0 Å². The number of hydrogen-bond acceptors (Lipinski definition) is 0. The van der Waals surface area contributed by atoms with Crippen molar-refractivity contribution in [3.05, 3.63) is 24.3 Å². The zero-order valence-corrected chi connectivity index (χ0v) is 7.96. The van der Waals surface area contributed by atoms with Gasteiger partial charge in [0.25, 0.3) is 0 Å². The summed E-state index contributed by atoms with van der Waals surface area (Å²) < 4.78 is 2.52. The van der Waals surface area contributed by atoms with E-state index in [4.69, 9.17) is 0 Å². The van der Waals surface area contributed by atoms with Gasteiger partial charge < -0.3 is 0 Å². The Morgan fingerprint density at radius 1 is 1.00 bits per heavy atom. The van der Waals surface area contributed by atoms with E-state index in [-0.39, 0.29) is 0 Å². The molecule has 0 radical (unpaired) electrons. The quantitative estimate of drug-likeness (QED) is 0.493. The Morgan fingerprint density at radius 3 is 1.75 bits per heavy atom. The minimum atomic E-state index is 1.26. The minimum absolute atomic E-state index is 1.26. The molecule has 1 rings (SSSR count). The Kier molecular flexibility index (Phi) is 2.15. The van der Waals surface area contributed by atoms with Crippen molar-refractivity contribution in [2.45, 2.75) is 0 Å². The van der Waals surface area contributed by atoms with Crippen molar-refractivity contribution in [1.29, 1.82) is 0 Å². The number of benzene rings is 1. The van der Waals surface area contributed by atoms with Crippen molar-refractivity contribution in [2.24, 2.45) is 0 Å². The molecular weight excluding hydrogens is 230 g/mol. The first-order valence-electron chi connectivity index (χ1n) is 2.27. The van der Waals surface area contributed by atoms with E-state index < -0.39 is 0 Å². The molecule has 2 heteroatoms. The summed E-state index contributed by atoms with van der Waals surface area (Å²) in [6.07, 6.45) is 0. The van der Waals surface area contributed by atoms with E-state index >= 15 is 0 Å². The van der Waals surface area contributed by atoms with E-state index in [1.807, 2.05) is 6.07 Å². The summed E-state index contributed by atoms with van der Waals surface area (Å²) in [6, 6.07) is 8.29. The first-order chi connectivity index (χ1) is 3.79. The molecule has 0 saturated heterocycles. The van der Waals surface area contributed by atoms with Gasteiger partial charge in [-0.3, -0.25) is 0 Å². The Balaban J connectivity index is 3.08. The summed E-state index contributed by atoms with van der Waals surface area (Å²) in [6.45, 7) is 0. The fraction of sp³-hybridized carbons (Fsp3) is 0. The van der Waals surface area contributed by atoms with Gasteiger partial charge in [-0.05, 0) is 0 Å². The van der Waals surface area contributed by atoms with E-state index in [2.05, 4.69) is 50.2 Å². The van der Waals surface area contributed by atoms with Gasteiger partial charge in [0.15, 0.2) is 0 Å². The summed E-state index contributed by atoms with van der Waals surface area (Å²) in [7, 11) is 0. The van der Waals surface area contributed by atoms with Crippen LogP contribution in [0.4, 0.5) is 0 Å². The molecule has 1 aromatic carbocycles. The predicted molar refractivity (Wildman–Crippen MR) is 40.0 cm³/mol. The van der Waals surface area contributed by atoms with Crippen LogP contribution >= 0.6 is 0 Å². The topological polar surface area (TPSA) is 0 Å². The third kappa shape index (κ3) is 1.64. The van der Waals surface area contributed by atoms with Gasteiger partial charge in [-0.25, -0.2) is 0 Å². The van der Waals surface area contributed by atoms with Crippen LogP contribution < -0.4 is 8.92 Å². The maximum atomic E-state index is 2.51. The molecule has 0 N–H and O–H groups in total. The normalized spacial score (nSPS) is 9.25. The zero-order chi connectivity index (χ0) is 5.98. The van der Waals surface area contributed by atoms with Crippen LogP contribution in [0.25, 0.3) is 0 Å². The van der Waals surface area contributed by atoms with Crippen molar-refractivity contribution in [3.8, 4) is 0 Å². The molecule has 0 spiro atoms. The van der Waals surface area contributed by atoms with Gasteiger partial charge in [0.1, 0.15) is 0 Å². The monoisotopic (exact) mass is 238 g/mol. The Bertz CT molecular complexity index is 166. The summed E-state index contributed by atoms with van der Waals surface area (Å²) in [5.74, 6) is 0. The fourth-order valence-corrected chi connectivity index (χ4v) is 1.92. The predicted octanol–water partition coefficient (Wildman–Crippen LogP) is -1.26. The van der Waals surface area contributed by atoms with Gasteiger partial charge in [0, 0.05) is 0 Å². The average Bonchev–Trinajstić information content (AvgIpc) is 1.64. The molecule has 0 bridgehead atoms. The molecule has 0 nitrogen and oxygen atoms in total. The summed E-state index contributed by atoms with van der Waals surface area (Å²) in [5, 5.41) is 0. The van der Waals surface area contributed by atoms with Crippen molar-refractivity contribution >= 4 is 40.9 Å². The first-order valence-corrected chi connectivity index (χ1v) is 4.15. The standard InChI is InChI=1S/C6H6Se2/c7-5-2-1-3-6(8)4-5/h1-4,7-8H. The number of rotatable bonds is 0. The van der Waals surface area contributed by atoms with Crippen LogP contribution in [0, 0.1) is 0 Å². The van der Waals surface area contributed by atoms with Crippen LogP contribution in [0.15, 0.2) is 24.3 Å². The van der Waals surface area contributed by atoms with Crippen LogP contribution in [0.2, 0.25) is 0 Å². The van der Waals surface area contributed by atoms with Crippen molar-refractivity contribution in [3.63, 3.8) is 0 Å². The van der Waals surface area contributed by atoms with E-state index in [1.165, 1.54) is 8.92 Å². The molecule has 0 fully saturated rings. The second-order valence-corrected chi connectivity index (χ2v) is 3.69. The van der Waals surface area contributed by atoms with Crippen LogP contribution in [0.3, 0.4) is 0 Å². The molecular formula is C6H6Se2. The molecule has 0 atom stereocenters. The van der Waals surface area contributed by atoms with Crippen LogP contribution in [-0.4, -0.2) is 32.0 Å². The van der Waals surface area contributed by atoms with Gasteiger partial charge in [-0.15, -0.1) is 0 Å². The van der Waals surface area contributed by atoms with Gasteiger partial charge in [0.05, 0.1) is 0 Å². The molecule has 42 valence electrons. The molecule has 0 aromatic heterocycles. The number of hydrogen-bond donors (Lipinski definition) is 0. The van der Waals surface area contributed by atoms with E-state index in [0.717, 1.165) is 0 Å². The second kappa shape index (κ2) is 2.70. The van der Waals surface area contributed by atoms with Crippen LogP contribution in [0.5, 0.6) is 0 Å². The summed E-state index contributed by atoms with van der Waals surface area (Å²) in [5.41, 5.74) is 0. The van der Waals surface area contributed by atoms with Gasteiger partial charge in [-0.2, -0.15) is 0 Å². The van der Waals surface area contributed by atoms with E-state index in [9.17, 15) is 0 Å². The molecule has 0 heterocycles. The SMILES string of the molecule is [SeH]c1cccc([SeH])c1. The third-order valence-corrected chi connectivity index (χ3v) is 2.00. The van der Waals surface area contributed by atoms with Gasteiger partial charge in [-0.1, -0.05) is 0 Å². The Hall–Kier alpha value is 0.259. The van der Waals surface area contributed by atoms with Gasteiger partial charge in [0.2, 0.25) is 0 Å². The molecule has 0 aliphatic heterocycles. The zero-order valence-electron chi connectivity index (χ0n) is 4.20. The molecule has 0 aliphatic carbocycles. The first kappa shape index (κ1) is 6.38. The van der Waals surface area contributed by atoms with Crippen LogP contribution in [-0.2, 0) is 0 Å². The Morgan fingerprint density at radius 2 is 1.50 bits per heavy atom. The molecule has 0 saturated carbocycles. The molecule has 0 aliphatic rings.